The zero-order valence-corrected chi connectivity index (χ0v) is 19.2. The molecule has 0 aliphatic carbocycles. The zero-order valence-electron chi connectivity index (χ0n) is 17.6. The van der Waals surface area contributed by atoms with Gasteiger partial charge in [0.05, 0.1) is 29.4 Å². The highest BCUT2D eigenvalue weighted by molar-refractivity contribution is 7.91. The second-order valence-electron chi connectivity index (χ2n) is 7.00. The molecular weight excluding hydrogens is 440 g/mol. The van der Waals surface area contributed by atoms with Crippen molar-refractivity contribution in [1.82, 2.24) is 4.90 Å². The average Bonchev–Trinajstić information content (AvgIpc) is 3.10. The Balaban J connectivity index is 1.96. The molecular formula is C21H24N2O6S2. The van der Waals surface area contributed by atoms with Crippen molar-refractivity contribution in [2.24, 2.45) is 0 Å². The van der Waals surface area contributed by atoms with Crippen molar-refractivity contribution in [3.63, 3.8) is 0 Å². The molecule has 1 aromatic carbocycles. The molecule has 0 spiro atoms. The Labute approximate surface area is 185 Å². The minimum absolute atomic E-state index is 0.0590. The van der Waals surface area contributed by atoms with Gasteiger partial charge in [-0.3, -0.25) is 9.59 Å². The van der Waals surface area contributed by atoms with Gasteiger partial charge in [-0.25, -0.2) is 13.2 Å². The van der Waals surface area contributed by atoms with Crippen molar-refractivity contribution >= 4 is 44.0 Å². The molecule has 2 aromatic rings. The maximum atomic E-state index is 12.9. The number of hydrogen-bond acceptors (Lipinski definition) is 7. The molecule has 1 aromatic heterocycles. The van der Waals surface area contributed by atoms with Gasteiger partial charge >= 0.3 is 5.97 Å². The largest absolute Gasteiger partial charge is 0.462 e. The van der Waals surface area contributed by atoms with Crippen molar-refractivity contribution in [2.75, 3.05) is 24.2 Å². The number of sulfone groups is 1. The smallest absolute Gasteiger partial charge is 0.341 e. The fourth-order valence-electron chi connectivity index (χ4n) is 3.35. The molecule has 3 rings (SSSR count). The molecule has 0 unspecified atom stereocenters. The first-order valence-corrected chi connectivity index (χ1v) is 12.4. The van der Waals surface area contributed by atoms with E-state index in [9.17, 15) is 22.8 Å². The van der Waals surface area contributed by atoms with Gasteiger partial charge in [-0.05, 0) is 37.1 Å². The van der Waals surface area contributed by atoms with E-state index in [2.05, 4.69) is 5.32 Å². The fourth-order valence-corrected chi connectivity index (χ4v) is 5.52. The maximum absolute atomic E-state index is 12.9. The summed E-state index contributed by atoms with van der Waals surface area (Å²) in [6.45, 7) is 5.76. The summed E-state index contributed by atoms with van der Waals surface area (Å²) in [5, 5.41) is 3.08. The Bertz CT molecular complexity index is 1140. The van der Waals surface area contributed by atoms with Gasteiger partial charge in [0.1, 0.15) is 5.00 Å². The topological polar surface area (TPSA) is 110 Å². The molecule has 0 atom stereocenters. The van der Waals surface area contributed by atoms with Crippen LogP contribution in [0.15, 0.2) is 29.2 Å². The summed E-state index contributed by atoms with van der Waals surface area (Å²) in [5.41, 5.74) is 1.25. The van der Waals surface area contributed by atoms with Gasteiger partial charge in [-0.2, -0.15) is 0 Å². The molecule has 0 fully saturated rings. The lowest BCUT2D eigenvalue weighted by Crippen LogP contribution is -2.34. The Morgan fingerprint density at radius 2 is 1.97 bits per heavy atom. The van der Waals surface area contributed by atoms with Crippen LogP contribution in [-0.4, -0.2) is 50.0 Å². The van der Waals surface area contributed by atoms with Crippen LogP contribution in [0.4, 0.5) is 5.00 Å². The summed E-state index contributed by atoms with van der Waals surface area (Å²) in [6, 6.07) is 5.79. The van der Waals surface area contributed by atoms with Crippen LogP contribution < -0.4 is 5.32 Å². The van der Waals surface area contributed by atoms with Gasteiger partial charge < -0.3 is 15.0 Å². The minimum atomic E-state index is -3.46. The van der Waals surface area contributed by atoms with E-state index >= 15 is 0 Å². The molecule has 0 saturated heterocycles. The Morgan fingerprint density at radius 1 is 1.23 bits per heavy atom. The maximum Gasteiger partial charge on any atom is 0.341 e. The number of nitrogens with zero attached hydrogens (tertiary/aromatic N) is 1. The number of rotatable bonds is 6. The molecule has 0 bridgehead atoms. The summed E-state index contributed by atoms with van der Waals surface area (Å²) >= 11 is 1.23. The number of benzene rings is 1. The highest BCUT2D eigenvalue weighted by Gasteiger charge is 2.30. The molecule has 166 valence electrons. The summed E-state index contributed by atoms with van der Waals surface area (Å²) in [6.07, 6.45) is 0.486. The lowest BCUT2D eigenvalue weighted by atomic mass is 10.0. The Hall–Kier alpha value is -2.72. The number of amides is 2. The van der Waals surface area contributed by atoms with E-state index in [0.717, 1.165) is 10.4 Å². The van der Waals surface area contributed by atoms with Crippen LogP contribution in [0.3, 0.4) is 0 Å². The predicted octanol–water partition coefficient (Wildman–Crippen LogP) is 2.88. The zero-order chi connectivity index (χ0) is 22.8. The molecule has 10 heteroatoms. The summed E-state index contributed by atoms with van der Waals surface area (Å²) in [7, 11) is -3.46. The molecule has 0 saturated carbocycles. The number of hydrogen-bond donors (Lipinski definition) is 1. The highest BCUT2D eigenvalue weighted by atomic mass is 32.2. The lowest BCUT2D eigenvalue weighted by Gasteiger charge is -2.25. The summed E-state index contributed by atoms with van der Waals surface area (Å²) in [5.74, 6) is -1.19. The van der Waals surface area contributed by atoms with Gasteiger partial charge in [0, 0.05) is 23.9 Å². The second-order valence-corrected chi connectivity index (χ2v) is 10.4. The lowest BCUT2D eigenvalue weighted by molar-refractivity contribution is -0.129. The van der Waals surface area contributed by atoms with E-state index in [1.165, 1.54) is 49.4 Å². The van der Waals surface area contributed by atoms with Crippen LogP contribution in [0.25, 0.3) is 0 Å². The third kappa shape index (κ3) is 4.80. The van der Waals surface area contributed by atoms with E-state index in [1.807, 2.05) is 0 Å². The van der Waals surface area contributed by atoms with E-state index < -0.39 is 21.7 Å². The van der Waals surface area contributed by atoms with Crippen LogP contribution in [0.2, 0.25) is 0 Å². The number of fused-ring (bicyclic) bond motifs is 1. The Morgan fingerprint density at radius 3 is 2.61 bits per heavy atom. The molecule has 8 nitrogen and oxygen atoms in total. The first-order chi connectivity index (χ1) is 14.7. The SMILES string of the molecule is CCOC(=O)c1c(NC(=O)c2cccc(S(=O)(=O)CC)c2)sc2c1CCN(C(C)=O)C2. The van der Waals surface area contributed by atoms with Crippen molar-refractivity contribution in [2.45, 2.75) is 38.6 Å². The standard InChI is InChI=1S/C21H24N2O6S2/c1-4-29-21(26)18-16-9-10-23(13(3)24)12-17(16)30-20(18)22-19(25)14-7-6-8-15(11-14)31(27,28)5-2/h6-8,11H,4-5,9-10,12H2,1-3H3,(H,22,25). The number of nitrogens with one attached hydrogen (secondary N) is 1. The molecule has 1 aliphatic rings. The molecule has 1 N–H and O–H groups in total. The number of esters is 1. The summed E-state index contributed by atoms with van der Waals surface area (Å²) in [4.78, 5) is 39.8. The summed E-state index contributed by atoms with van der Waals surface area (Å²) < 4.78 is 29.5. The van der Waals surface area contributed by atoms with Gasteiger partial charge in [0.2, 0.25) is 5.91 Å². The van der Waals surface area contributed by atoms with Crippen LogP contribution in [0.1, 0.15) is 51.9 Å². The van der Waals surface area contributed by atoms with Gasteiger partial charge in [-0.1, -0.05) is 13.0 Å². The quantitative estimate of drug-likeness (QED) is 0.659. The molecule has 2 heterocycles. The van der Waals surface area contributed by atoms with E-state index in [1.54, 1.807) is 11.8 Å². The third-order valence-corrected chi connectivity index (χ3v) is 7.91. The molecule has 31 heavy (non-hydrogen) atoms. The fraction of sp³-hybridized carbons (Fsp3) is 0.381. The Kier molecular flexibility index (Phi) is 6.80. The number of thiophene rings is 1. The molecule has 1 aliphatic heterocycles. The van der Waals surface area contributed by atoms with Gasteiger partial charge in [0.25, 0.3) is 5.91 Å². The van der Waals surface area contributed by atoms with Crippen LogP contribution in [-0.2, 0) is 32.3 Å². The average molecular weight is 465 g/mol. The highest BCUT2D eigenvalue weighted by Crippen LogP contribution is 2.38. The van der Waals surface area contributed by atoms with Gasteiger partial charge in [0.15, 0.2) is 9.84 Å². The van der Waals surface area contributed by atoms with Crippen LogP contribution in [0, 0.1) is 0 Å². The minimum Gasteiger partial charge on any atom is -0.462 e. The van der Waals surface area contributed by atoms with Crippen molar-refractivity contribution in [1.29, 1.82) is 0 Å². The van der Waals surface area contributed by atoms with Gasteiger partial charge in [-0.15, -0.1) is 11.3 Å². The van der Waals surface area contributed by atoms with Crippen LogP contribution >= 0.6 is 11.3 Å². The third-order valence-electron chi connectivity index (χ3n) is 5.04. The van der Waals surface area contributed by atoms with Crippen molar-refractivity contribution in [3.8, 4) is 0 Å². The first-order valence-electron chi connectivity index (χ1n) is 9.89. The first kappa shape index (κ1) is 23.0. The predicted molar refractivity (Wildman–Crippen MR) is 117 cm³/mol. The second kappa shape index (κ2) is 9.19. The normalized spacial score (nSPS) is 13.5. The molecule has 0 radical (unpaired) electrons. The van der Waals surface area contributed by atoms with Crippen molar-refractivity contribution in [3.05, 3.63) is 45.8 Å². The monoisotopic (exact) mass is 464 g/mol. The number of carbonyl (C=O) groups excluding carboxylic acids is 3. The van der Waals surface area contributed by atoms with Crippen molar-refractivity contribution < 1.29 is 27.5 Å². The van der Waals surface area contributed by atoms with E-state index in [4.69, 9.17) is 4.74 Å². The number of ether oxygens (including phenoxy) is 1. The van der Waals surface area contributed by atoms with E-state index in [0.29, 0.717) is 30.1 Å². The van der Waals surface area contributed by atoms with Crippen LogP contribution in [0.5, 0.6) is 0 Å². The van der Waals surface area contributed by atoms with E-state index in [-0.39, 0.29) is 28.7 Å². The number of anilines is 1. The molecule has 2 amide bonds. The number of carbonyl (C=O) groups is 3.